The monoisotopic (exact) mass is 431 g/mol. The Morgan fingerprint density at radius 3 is 2.38 bits per heavy atom. The predicted octanol–water partition coefficient (Wildman–Crippen LogP) is 4.40. The Bertz CT molecular complexity index is 1070. The standard InChI is InChI=1S/C21H22ClN3O3S/c1-15-10-12-25(13-11-15)29(26,27)19-8-4-17(5-9-19)21-23-20(28-24-21)14-16-2-6-18(22)7-3-16/h2-9,15H,10-14H2,1H3. The SMILES string of the molecule is CC1CCN(S(=O)(=O)c2ccc(-c3noc(Cc4ccc(Cl)cc4)n3)cc2)CC1. The summed E-state index contributed by atoms with van der Waals surface area (Å²) in [6, 6.07) is 14.1. The highest BCUT2D eigenvalue weighted by molar-refractivity contribution is 7.89. The van der Waals surface area contributed by atoms with Crippen molar-refractivity contribution in [3.63, 3.8) is 0 Å². The molecule has 2 aromatic carbocycles. The Kier molecular flexibility index (Phi) is 5.72. The molecule has 0 spiro atoms. The van der Waals surface area contributed by atoms with E-state index in [4.69, 9.17) is 16.1 Å². The van der Waals surface area contributed by atoms with E-state index in [1.54, 1.807) is 28.6 Å². The number of halogens is 1. The predicted molar refractivity (Wildman–Crippen MR) is 111 cm³/mol. The van der Waals surface area contributed by atoms with Crippen molar-refractivity contribution >= 4 is 21.6 Å². The van der Waals surface area contributed by atoms with Gasteiger partial charge in [-0.3, -0.25) is 0 Å². The van der Waals surface area contributed by atoms with E-state index < -0.39 is 10.0 Å². The molecule has 1 saturated heterocycles. The Hall–Kier alpha value is -2.22. The highest BCUT2D eigenvalue weighted by Gasteiger charge is 2.28. The summed E-state index contributed by atoms with van der Waals surface area (Å²) < 4.78 is 32.6. The van der Waals surface area contributed by atoms with Crippen LogP contribution in [0.15, 0.2) is 57.9 Å². The molecule has 2 heterocycles. The molecule has 3 aromatic rings. The first-order valence-electron chi connectivity index (χ1n) is 9.59. The lowest BCUT2D eigenvalue weighted by atomic mass is 10.0. The summed E-state index contributed by atoms with van der Waals surface area (Å²) in [4.78, 5) is 4.71. The van der Waals surface area contributed by atoms with Crippen LogP contribution in [0.25, 0.3) is 11.4 Å². The van der Waals surface area contributed by atoms with Gasteiger partial charge in [0, 0.05) is 23.7 Å². The Morgan fingerprint density at radius 1 is 1.07 bits per heavy atom. The summed E-state index contributed by atoms with van der Waals surface area (Å²) >= 11 is 5.90. The van der Waals surface area contributed by atoms with Gasteiger partial charge in [0.05, 0.1) is 11.3 Å². The lowest BCUT2D eigenvalue weighted by Crippen LogP contribution is -2.37. The molecule has 1 fully saturated rings. The first-order valence-corrected chi connectivity index (χ1v) is 11.4. The molecule has 1 aliphatic heterocycles. The van der Waals surface area contributed by atoms with Gasteiger partial charge in [-0.1, -0.05) is 35.8 Å². The normalized spacial score (nSPS) is 16.2. The van der Waals surface area contributed by atoms with Crippen molar-refractivity contribution in [3.05, 3.63) is 65.0 Å². The van der Waals surface area contributed by atoms with Crippen molar-refractivity contribution in [2.45, 2.75) is 31.1 Å². The number of rotatable bonds is 5. The third-order valence-electron chi connectivity index (χ3n) is 5.23. The molecular weight excluding hydrogens is 410 g/mol. The van der Waals surface area contributed by atoms with Gasteiger partial charge in [-0.05, 0) is 60.7 Å². The van der Waals surface area contributed by atoms with Crippen molar-refractivity contribution in [2.24, 2.45) is 5.92 Å². The molecule has 0 bridgehead atoms. The molecule has 0 aliphatic carbocycles. The van der Waals surface area contributed by atoms with Crippen LogP contribution in [0.4, 0.5) is 0 Å². The molecule has 29 heavy (non-hydrogen) atoms. The fourth-order valence-corrected chi connectivity index (χ4v) is 4.97. The second-order valence-electron chi connectivity index (χ2n) is 7.43. The number of nitrogens with zero attached hydrogens (tertiary/aromatic N) is 3. The second-order valence-corrected chi connectivity index (χ2v) is 9.80. The molecule has 4 rings (SSSR count). The van der Waals surface area contributed by atoms with E-state index in [1.165, 1.54) is 0 Å². The summed E-state index contributed by atoms with van der Waals surface area (Å²) in [6.07, 6.45) is 2.30. The first-order chi connectivity index (χ1) is 13.9. The molecule has 0 amide bonds. The van der Waals surface area contributed by atoms with Crippen molar-refractivity contribution in [1.82, 2.24) is 14.4 Å². The van der Waals surface area contributed by atoms with E-state index in [2.05, 4.69) is 17.1 Å². The van der Waals surface area contributed by atoms with E-state index in [-0.39, 0.29) is 0 Å². The summed E-state index contributed by atoms with van der Waals surface area (Å²) in [7, 11) is -3.47. The minimum absolute atomic E-state index is 0.292. The molecule has 152 valence electrons. The number of aromatic nitrogens is 2. The van der Waals surface area contributed by atoms with Crippen molar-refractivity contribution < 1.29 is 12.9 Å². The molecule has 0 atom stereocenters. The average molecular weight is 432 g/mol. The van der Waals surface area contributed by atoms with Crippen molar-refractivity contribution in [1.29, 1.82) is 0 Å². The highest BCUT2D eigenvalue weighted by Crippen LogP contribution is 2.25. The van der Waals surface area contributed by atoms with Gasteiger partial charge in [-0.25, -0.2) is 8.42 Å². The van der Waals surface area contributed by atoms with E-state index in [9.17, 15) is 8.42 Å². The third-order valence-corrected chi connectivity index (χ3v) is 7.39. The maximum atomic E-state index is 12.8. The van der Waals surface area contributed by atoms with Crippen LogP contribution in [0.1, 0.15) is 31.2 Å². The third kappa shape index (κ3) is 4.52. The zero-order valence-corrected chi connectivity index (χ0v) is 17.7. The van der Waals surface area contributed by atoms with Gasteiger partial charge in [0.1, 0.15) is 0 Å². The maximum Gasteiger partial charge on any atom is 0.243 e. The summed E-state index contributed by atoms with van der Waals surface area (Å²) in [5, 5.41) is 4.69. The van der Waals surface area contributed by atoms with Crippen LogP contribution in [0.3, 0.4) is 0 Å². The van der Waals surface area contributed by atoms with E-state index in [0.29, 0.717) is 52.6 Å². The van der Waals surface area contributed by atoms with Crippen LogP contribution >= 0.6 is 11.6 Å². The van der Waals surface area contributed by atoms with Crippen molar-refractivity contribution in [3.8, 4) is 11.4 Å². The highest BCUT2D eigenvalue weighted by atomic mass is 35.5. The molecule has 8 heteroatoms. The molecule has 0 N–H and O–H groups in total. The quantitative estimate of drug-likeness (QED) is 0.598. The van der Waals surface area contributed by atoms with E-state index in [1.807, 2.05) is 24.3 Å². The molecule has 0 unspecified atom stereocenters. The summed E-state index contributed by atoms with van der Waals surface area (Å²) in [6.45, 7) is 3.30. The lowest BCUT2D eigenvalue weighted by Gasteiger charge is -2.29. The van der Waals surface area contributed by atoms with Crippen molar-refractivity contribution in [2.75, 3.05) is 13.1 Å². The lowest BCUT2D eigenvalue weighted by molar-refractivity contribution is 0.288. The van der Waals surface area contributed by atoms with Crippen LogP contribution in [0, 0.1) is 5.92 Å². The van der Waals surface area contributed by atoms with E-state index >= 15 is 0 Å². The van der Waals surface area contributed by atoms with Gasteiger partial charge in [-0.2, -0.15) is 9.29 Å². The first kappa shape index (κ1) is 20.1. The Morgan fingerprint density at radius 2 is 1.72 bits per heavy atom. The van der Waals surface area contributed by atoms with Gasteiger partial charge < -0.3 is 4.52 Å². The van der Waals surface area contributed by atoms with Gasteiger partial charge in [0.15, 0.2) is 0 Å². The summed E-state index contributed by atoms with van der Waals surface area (Å²) in [5.41, 5.74) is 1.73. The van der Waals surface area contributed by atoms with Gasteiger partial charge in [0.2, 0.25) is 21.7 Å². The number of hydrogen-bond donors (Lipinski definition) is 0. The molecule has 6 nitrogen and oxygen atoms in total. The average Bonchev–Trinajstić information content (AvgIpc) is 3.19. The Labute approximate surface area is 175 Å². The van der Waals surface area contributed by atoms with E-state index in [0.717, 1.165) is 18.4 Å². The van der Waals surface area contributed by atoms with Gasteiger partial charge in [-0.15, -0.1) is 0 Å². The van der Waals surface area contributed by atoms with Crippen LogP contribution in [0.2, 0.25) is 5.02 Å². The molecule has 1 aromatic heterocycles. The minimum Gasteiger partial charge on any atom is -0.339 e. The summed E-state index contributed by atoms with van der Waals surface area (Å²) in [5.74, 6) is 1.50. The fourth-order valence-electron chi connectivity index (χ4n) is 3.37. The van der Waals surface area contributed by atoms with Crippen LogP contribution in [0.5, 0.6) is 0 Å². The number of hydrogen-bond acceptors (Lipinski definition) is 5. The number of benzene rings is 2. The maximum absolute atomic E-state index is 12.8. The van der Waals surface area contributed by atoms with Crippen LogP contribution in [-0.4, -0.2) is 36.0 Å². The number of sulfonamides is 1. The number of piperidine rings is 1. The van der Waals surface area contributed by atoms with Crippen LogP contribution in [-0.2, 0) is 16.4 Å². The molecule has 0 saturated carbocycles. The molecule has 1 aliphatic rings. The second kappa shape index (κ2) is 8.26. The zero-order chi connectivity index (χ0) is 20.4. The van der Waals surface area contributed by atoms with Gasteiger partial charge >= 0.3 is 0 Å². The van der Waals surface area contributed by atoms with Crippen LogP contribution < -0.4 is 0 Å². The molecule has 0 radical (unpaired) electrons. The topological polar surface area (TPSA) is 76.3 Å². The van der Waals surface area contributed by atoms with Gasteiger partial charge in [0.25, 0.3) is 0 Å². The largest absolute Gasteiger partial charge is 0.339 e. The zero-order valence-electron chi connectivity index (χ0n) is 16.1. The smallest absolute Gasteiger partial charge is 0.243 e. The fraction of sp³-hybridized carbons (Fsp3) is 0.333. The Balaban J connectivity index is 1.48. The molecular formula is C21H22ClN3O3S. The minimum atomic E-state index is -3.47.